The highest BCUT2D eigenvalue weighted by molar-refractivity contribution is 6.09. The van der Waals surface area contributed by atoms with Crippen LogP contribution in [0.2, 0.25) is 0 Å². The number of carbonyl (C=O) groups excluding carboxylic acids is 1. The number of halogens is 1. The van der Waals surface area contributed by atoms with E-state index in [1.54, 1.807) is 12.1 Å². The molecule has 0 aliphatic rings. The van der Waals surface area contributed by atoms with Gasteiger partial charge in [0.15, 0.2) is 5.78 Å². The van der Waals surface area contributed by atoms with Gasteiger partial charge in [-0.3, -0.25) is 4.79 Å². The van der Waals surface area contributed by atoms with Crippen LogP contribution in [0.15, 0.2) is 48.5 Å². The Kier molecular flexibility index (Phi) is 4.48. The second-order valence-electron chi connectivity index (χ2n) is 4.53. The normalized spacial score (nSPS) is 10.3. The number of aliphatic hydroxyl groups is 1. The van der Waals surface area contributed by atoms with Gasteiger partial charge in [-0.2, -0.15) is 0 Å². The average Bonchev–Trinajstić information content (AvgIpc) is 2.48. The van der Waals surface area contributed by atoms with Crippen LogP contribution >= 0.6 is 0 Å². The van der Waals surface area contributed by atoms with Gasteiger partial charge in [-0.05, 0) is 48.5 Å². The van der Waals surface area contributed by atoms with E-state index < -0.39 is 0 Å². The van der Waals surface area contributed by atoms with Crippen molar-refractivity contribution in [3.05, 3.63) is 65.5 Å². The molecular formula is C16H16FNO2. The first-order chi connectivity index (χ1) is 9.61. The number of hydrogen-bond donors (Lipinski definition) is 1. The fourth-order valence-corrected chi connectivity index (χ4v) is 1.91. The lowest BCUT2D eigenvalue weighted by Gasteiger charge is -2.17. The molecule has 2 aromatic carbocycles. The Balaban J connectivity index is 2.17. The van der Waals surface area contributed by atoms with Gasteiger partial charge in [-0.1, -0.05) is 0 Å². The van der Waals surface area contributed by atoms with Gasteiger partial charge < -0.3 is 10.0 Å². The molecule has 0 spiro atoms. The Morgan fingerprint density at radius 2 is 1.55 bits per heavy atom. The van der Waals surface area contributed by atoms with Crippen LogP contribution in [0.4, 0.5) is 10.1 Å². The third-order valence-electron chi connectivity index (χ3n) is 3.11. The Morgan fingerprint density at radius 3 is 2.05 bits per heavy atom. The van der Waals surface area contributed by atoms with Crippen LogP contribution in [-0.4, -0.2) is 31.1 Å². The van der Waals surface area contributed by atoms with E-state index in [1.807, 2.05) is 24.1 Å². The molecule has 0 saturated heterocycles. The molecule has 0 atom stereocenters. The number of ketones is 1. The standard InChI is InChI=1S/C16H16FNO2/c1-18(10-11-19)15-8-4-13(5-9-15)16(20)12-2-6-14(17)7-3-12/h2-9,19H,10-11H2,1H3. The summed E-state index contributed by atoms with van der Waals surface area (Å²) in [6.45, 7) is 0.609. The van der Waals surface area contributed by atoms with Crippen LogP contribution < -0.4 is 4.90 Å². The predicted octanol–water partition coefficient (Wildman–Crippen LogP) is 2.49. The molecule has 2 rings (SSSR count). The lowest BCUT2D eigenvalue weighted by molar-refractivity contribution is 0.103. The average molecular weight is 273 g/mol. The third kappa shape index (κ3) is 3.22. The summed E-state index contributed by atoms with van der Waals surface area (Å²) in [5, 5.41) is 8.89. The zero-order valence-electron chi connectivity index (χ0n) is 11.2. The second-order valence-corrected chi connectivity index (χ2v) is 4.53. The van der Waals surface area contributed by atoms with Crippen LogP contribution in [-0.2, 0) is 0 Å². The van der Waals surface area contributed by atoms with Crippen molar-refractivity contribution in [1.82, 2.24) is 0 Å². The molecule has 0 bridgehead atoms. The molecule has 0 heterocycles. The Labute approximate surface area is 117 Å². The minimum atomic E-state index is -0.359. The predicted molar refractivity (Wildman–Crippen MR) is 76.6 cm³/mol. The summed E-state index contributed by atoms with van der Waals surface area (Å²) in [5.41, 5.74) is 1.94. The van der Waals surface area contributed by atoms with Gasteiger partial charge in [0, 0.05) is 30.4 Å². The molecule has 20 heavy (non-hydrogen) atoms. The maximum Gasteiger partial charge on any atom is 0.193 e. The molecule has 0 saturated carbocycles. The van der Waals surface area contributed by atoms with E-state index in [1.165, 1.54) is 24.3 Å². The number of likely N-dealkylation sites (N-methyl/N-ethyl adjacent to an activating group) is 1. The van der Waals surface area contributed by atoms with Gasteiger partial charge >= 0.3 is 0 Å². The Hall–Kier alpha value is -2.20. The minimum absolute atomic E-state index is 0.0762. The number of hydrogen-bond acceptors (Lipinski definition) is 3. The smallest absolute Gasteiger partial charge is 0.193 e. The first-order valence-electron chi connectivity index (χ1n) is 6.34. The Bertz CT molecular complexity index is 578. The number of anilines is 1. The van der Waals surface area contributed by atoms with Gasteiger partial charge in [0.25, 0.3) is 0 Å². The Morgan fingerprint density at radius 1 is 1.05 bits per heavy atom. The zero-order chi connectivity index (χ0) is 14.5. The number of rotatable bonds is 5. The first kappa shape index (κ1) is 14.2. The van der Waals surface area contributed by atoms with E-state index in [0.717, 1.165) is 5.69 Å². The highest BCUT2D eigenvalue weighted by Gasteiger charge is 2.09. The second kappa shape index (κ2) is 6.30. The SMILES string of the molecule is CN(CCO)c1ccc(C(=O)c2ccc(F)cc2)cc1. The molecule has 104 valence electrons. The highest BCUT2D eigenvalue weighted by atomic mass is 19.1. The topological polar surface area (TPSA) is 40.5 Å². The molecule has 4 heteroatoms. The third-order valence-corrected chi connectivity index (χ3v) is 3.11. The summed E-state index contributed by atoms with van der Waals surface area (Å²) >= 11 is 0. The fourth-order valence-electron chi connectivity index (χ4n) is 1.91. The summed E-state index contributed by atoms with van der Waals surface area (Å²) < 4.78 is 12.8. The lowest BCUT2D eigenvalue weighted by Crippen LogP contribution is -2.21. The quantitative estimate of drug-likeness (QED) is 0.851. The van der Waals surface area contributed by atoms with Crippen LogP contribution in [0.5, 0.6) is 0 Å². The minimum Gasteiger partial charge on any atom is -0.395 e. The molecule has 0 aromatic heterocycles. The molecule has 0 fully saturated rings. The molecule has 0 aliphatic heterocycles. The van der Waals surface area contributed by atoms with Crippen LogP contribution in [0.3, 0.4) is 0 Å². The number of aliphatic hydroxyl groups excluding tert-OH is 1. The first-order valence-corrected chi connectivity index (χ1v) is 6.34. The van der Waals surface area contributed by atoms with Crippen molar-refractivity contribution in [2.24, 2.45) is 0 Å². The number of nitrogens with zero attached hydrogens (tertiary/aromatic N) is 1. The van der Waals surface area contributed by atoms with E-state index in [2.05, 4.69) is 0 Å². The summed E-state index contributed by atoms with van der Waals surface area (Å²) in [4.78, 5) is 14.1. The van der Waals surface area contributed by atoms with Gasteiger partial charge in [0.2, 0.25) is 0 Å². The number of carbonyl (C=O) groups is 1. The van der Waals surface area contributed by atoms with E-state index >= 15 is 0 Å². The van der Waals surface area contributed by atoms with Crippen molar-refractivity contribution in [3.8, 4) is 0 Å². The van der Waals surface area contributed by atoms with E-state index in [-0.39, 0.29) is 18.2 Å². The van der Waals surface area contributed by atoms with Crippen molar-refractivity contribution in [3.63, 3.8) is 0 Å². The fraction of sp³-hybridized carbons (Fsp3) is 0.188. The molecular weight excluding hydrogens is 257 g/mol. The van der Waals surface area contributed by atoms with Crippen molar-refractivity contribution < 1.29 is 14.3 Å². The highest BCUT2D eigenvalue weighted by Crippen LogP contribution is 2.16. The van der Waals surface area contributed by atoms with Crippen LogP contribution in [0.25, 0.3) is 0 Å². The summed E-state index contributed by atoms with van der Waals surface area (Å²) in [7, 11) is 1.87. The molecule has 2 aromatic rings. The van der Waals surface area contributed by atoms with Crippen molar-refractivity contribution in [1.29, 1.82) is 0 Å². The van der Waals surface area contributed by atoms with Crippen molar-refractivity contribution in [2.45, 2.75) is 0 Å². The maximum absolute atomic E-state index is 12.8. The largest absolute Gasteiger partial charge is 0.395 e. The van der Waals surface area contributed by atoms with E-state index in [9.17, 15) is 9.18 Å². The van der Waals surface area contributed by atoms with E-state index in [4.69, 9.17) is 5.11 Å². The summed E-state index contributed by atoms with van der Waals surface area (Å²) in [6, 6.07) is 12.6. The van der Waals surface area contributed by atoms with E-state index in [0.29, 0.717) is 17.7 Å². The van der Waals surface area contributed by atoms with Crippen LogP contribution in [0, 0.1) is 5.82 Å². The molecule has 0 aliphatic carbocycles. The molecule has 0 unspecified atom stereocenters. The molecule has 0 radical (unpaired) electrons. The van der Waals surface area contributed by atoms with Crippen molar-refractivity contribution in [2.75, 3.05) is 25.1 Å². The van der Waals surface area contributed by atoms with Gasteiger partial charge in [0.1, 0.15) is 5.82 Å². The van der Waals surface area contributed by atoms with Gasteiger partial charge in [-0.15, -0.1) is 0 Å². The number of benzene rings is 2. The lowest BCUT2D eigenvalue weighted by atomic mass is 10.0. The van der Waals surface area contributed by atoms with Crippen molar-refractivity contribution >= 4 is 11.5 Å². The molecule has 1 N–H and O–H groups in total. The monoisotopic (exact) mass is 273 g/mol. The molecule has 0 amide bonds. The zero-order valence-corrected chi connectivity index (χ0v) is 11.2. The summed E-state index contributed by atoms with van der Waals surface area (Å²) in [5.74, 6) is -0.496. The molecule has 3 nitrogen and oxygen atoms in total. The summed E-state index contributed by atoms with van der Waals surface area (Å²) in [6.07, 6.45) is 0. The van der Waals surface area contributed by atoms with Gasteiger partial charge in [-0.25, -0.2) is 4.39 Å². The van der Waals surface area contributed by atoms with Gasteiger partial charge in [0.05, 0.1) is 6.61 Å². The maximum atomic E-state index is 12.8. The van der Waals surface area contributed by atoms with Crippen LogP contribution in [0.1, 0.15) is 15.9 Å².